The number of pyridine rings is 1. The van der Waals surface area contributed by atoms with E-state index in [1.807, 2.05) is 12.3 Å². The van der Waals surface area contributed by atoms with Gasteiger partial charge < -0.3 is 9.69 Å². The molecule has 4 heteroatoms. The molecular formula is C15H19BrN2O. The van der Waals surface area contributed by atoms with Crippen LogP contribution in [-0.2, 0) is 4.79 Å². The van der Waals surface area contributed by atoms with Crippen LogP contribution < -0.4 is 4.90 Å². The number of fused-ring (bicyclic) bond motifs is 1. The van der Waals surface area contributed by atoms with E-state index in [9.17, 15) is 4.79 Å². The van der Waals surface area contributed by atoms with Crippen molar-refractivity contribution in [3.05, 3.63) is 22.8 Å². The minimum Gasteiger partial charge on any atom is -0.356 e. The molecule has 0 spiro atoms. The van der Waals surface area contributed by atoms with E-state index >= 15 is 0 Å². The minimum absolute atomic E-state index is 0.246. The van der Waals surface area contributed by atoms with Gasteiger partial charge in [-0.25, -0.2) is 4.98 Å². The standard InChI is InChI=1S/C15H19BrN2O/c1-15(4-5-19)6-11-9-18(10-12(11)7-15)14-3-2-13(16)8-17-14/h2-3,5,8,11-12H,4,6-7,9-10H2,1H3/t11-,12+,15?. The van der Waals surface area contributed by atoms with E-state index in [1.54, 1.807) is 0 Å². The summed E-state index contributed by atoms with van der Waals surface area (Å²) in [4.78, 5) is 17.7. The third kappa shape index (κ3) is 2.55. The summed E-state index contributed by atoms with van der Waals surface area (Å²) in [5.74, 6) is 2.54. The van der Waals surface area contributed by atoms with Crippen molar-refractivity contribution in [2.45, 2.75) is 26.2 Å². The molecule has 0 bridgehead atoms. The lowest BCUT2D eigenvalue weighted by Gasteiger charge is -2.25. The summed E-state index contributed by atoms with van der Waals surface area (Å²) in [6, 6.07) is 4.13. The van der Waals surface area contributed by atoms with Crippen LogP contribution in [0.5, 0.6) is 0 Å². The van der Waals surface area contributed by atoms with Crippen LogP contribution in [0.2, 0.25) is 0 Å². The predicted molar refractivity (Wildman–Crippen MR) is 79.2 cm³/mol. The van der Waals surface area contributed by atoms with Crippen molar-refractivity contribution in [2.75, 3.05) is 18.0 Å². The zero-order chi connectivity index (χ0) is 13.5. The van der Waals surface area contributed by atoms with Crippen molar-refractivity contribution in [1.82, 2.24) is 4.98 Å². The van der Waals surface area contributed by atoms with Gasteiger partial charge in [-0.15, -0.1) is 0 Å². The highest BCUT2D eigenvalue weighted by molar-refractivity contribution is 9.10. The first kappa shape index (κ1) is 13.1. The van der Waals surface area contributed by atoms with Crippen LogP contribution in [0.25, 0.3) is 0 Å². The second kappa shape index (κ2) is 4.89. The monoisotopic (exact) mass is 322 g/mol. The molecule has 1 aliphatic carbocycles. The number of aldehydes is 1. The number of halogens is 1. The maximum atomic E-state index is 10.8. The average molecular weight is 323 g/mol. The lowest BCUT2D eigenvalue weighted by atomic mass is 9.84. The van der Waals surface area contributed by atoms with Crippen molar-refractivity contribution < 1.29 is 4.79 Å². The van der Waals surface area contributed by atoms with Crippen molar-refractivity contribution in [3.63, 3.8) is 0 Å². The van der Waals surface area contributed by atoms with Crippen LogP contribution in [-0.4, -0.2) is 24.4 Å². The molecule has 1 aromatic heterocycles. The van der Waals surface area contributed by atoms with E-state index in [0.29, 0.717) is 0 Å². The molecule has 2 aliphatic rings. The zero-order valence-electron chi connectivity index (χ0n) is 11.2. The van der Waals surface area contributed by atoms with Crippen LogP contribution in [0.4, 0.5) is 5.82 Å². The van der Waals surface area contributed by atoms with Gasteiger partial charge in [-0.1, -0.05) is 6.92 Å². The zero-order valence-corrected chi connectivity index (χ0v) is 12.8. The molecular weight excluding hydrogens is 304 g/mol. The SMILES string of the molecule is CC1(CC=O)C[C@H]2CN(c3ccc(Br)cn3)C[C@H]2C1. The van der Waals surface area contributed by atoms with Crippen LogP contribution in [0.1, 0.15) is 26.2 Å². The van der Waals surface area contributed by atoms with E-state index in [-0.39, 0.29) is 5.41 Å². The van der Waals surface area contributed by atoms with E-state index in [0.717, 1.165) is 47.9 Å². The smallest absolute Gasteiger partial charge is 0.128 e. The first-order chi connectivity index (χ1) is 9.09. The van der Waals surface area contributed by atoms with Gasteiger partial charge in [0.25, 0.3) is 0 Å². The molecule has 1 aromatic rings. The van der Waals surface area contributed by atoms with E-state index < -0.39 is 0 Å². The fourth-order valence-corrected chi connectivity index (χ4v) is 4.10. The van der Waals surface area contributed by atoms with Gasteiger partial charge in [0.05, 0.1) is 0 Å². The molecule has 0 aromatic carbocycles. The number of carbonyl (C=O) groups excluding carboxylic acids is 1. The summed E-state index contributed by atoms with van der Waals surface area (Å²) in [6.45, 7) is 4.45. The van der Waals surface area contributed by atoms with Crippen LogP contribution in [0.15, 0.2) is 22.8 Å². The second-order valence-electron chi connectivity index (χ2n) is 6.35. The highest BCUT2D eigenvalue weighted by Crippen LogP contribution is 2.50. The molecule has 2 heterocycles. The number of nitrogens with zero attached hydrogens (tertiary/aromatic N) is 2. The summed E-state index contributed by atoms with van der Waals surface area (Å²) >= 11 is 3.42. The van der Waals surface area contributed by atoms with Gasteiger partial charge in [0.2, 0.25) is 0 Å². The number of hydrogen-bond donors (Lipinski definition) is 0. The molecule has 102 valence electrons. The minimum atomic E-state index is 0.246. The van der Waals surface area contributed by atoms with Crippen LogP contribution in [0.3, 0.4) is 0 Å². The Hall–Kier alpha value is -0.900. The first-order valence-corrected chi connectivity index (χ1v) is 7.69. The Balaban J connectivity index is 1.68. The van der Waals surface area contributed by atoms with Crippen molar-refractivity contribution >= 4 is 28.0 Å². The van der Waals surface area contributed by atoms with E-state index in [2.05, 4.69) is 38.8 Å². The molecule has 0 radical (unpaired) electrons. The molecule has 0 amide bonds. The van der Waals surface area contributed by atoms with Gasteiger partial charge in [-0.3, -0.25) is 0 Å². The Morgan fingerprint density at radius 3 is 2.63 bits per heavy atom. The maximum Gasteiger partial charge on any atom is 0.128 e. The van der Waals surface area contributed by atoms with Gasteiger partial charge in [-0.05, 0) is 58.2 Å². The summed E-state index contributed by atoms with van der Waals surface area (Å²) < 4.78 is 1.02. The lowest BCUT2D eigenvalue weighted by molar-refractivity contribution is -0.109. The molecule has 0 N–H and O–H groups in total. The third-order valence-corrected chi connectivity index (χ3v) is 5.17. The van der Waals surface area contributed by atoms with E-state index in [4.69, 9.17) is 0 Å². The fraction of sp³-hybridized carbons (Fsp3) is 0.600. The highest BCUT2D eigenvalue weighted by Gasteiger charge is 2.46. The summed E-state index contributed by atoms with van der Waals surface area (Å²) in [7, 11) is 0. The Bertz CT molecular complexity index is 460. The first-order valence-electron chi connectivity index (χ1n) is 6.90. The van der Waals surface area contributed by atoms with Gasteiger partial charge in [-0.2, -0.15) is 0 Å². The quantitative estimate of drug-likeness (QED) is 0.801. The Morgan fingerprint density at radius 2 is 2.11 bits per heavy atom. The third-order valence-electron chi connectivity index (χ3n) is 4.70. The summed E-state index contributed by atoms with van der Waals surface area (Å²) in [5, 5.41) is 0. The van der Waals surface area contributed by atoms with Crippen molar-refractivity contribution in [2.24, 2.45) is 17.3 Å². The lowest BCUT2D eigenvalue weighted by Crippen LogP contribution is -2.25. The maximum absolute atomic E-state index is 10.8. The average Bonchev–Trinajstić information content (AvgIpc) is 2.85. The second-order valence-corrected chi connectivity index (χ2v) is 7.27. The van der Waals surface area contributed by atoms with Gasteiger partial charge in [0.1, 0.15) is 12.1 Å². The molecule has 1 saturated carbocycles. The number of carbonyl (C=O) groups is 1. The Kier molecular flexibility index (Phi) is 3.37. The molecule has 1 unspecified atom stereocenters. The fourth-order valence-electron chi connectivity index (χ4n) is 3.86. The summed E-state index contributed by atoms with van der Waals surface area (Å²) in [5.41, 5.74) is 0.246. The molecule has 3 nitrogen and oxygen atoms in total. The Labute approximate surface area is 122 Å². The largest absolute Gasteiger partial charge is 0.356 e. The number of rotatable bonds is 3. The van der Waals surface area contributed by atoms with Crippen LogP contribution >= 0.6 is 15.9 Å². The Morgan fingerprint density at radius 1 is 1.42 bits per heavy atom. The number of aromatic nitrogens is 1. The topological polar surface area (TPSA) is 33.2 Å². The molecule has 3 atom stereocenters. The molecule has 1 saturated heterocycles. The van der Waals surface area contributed by atoms with E-state index in [1.165, 1.54) is 12.8 Å². The van der Waals surface area contributed by atoms with Crippen LogP contribution in [0, 0.1) is 17.3 Å². The molecule has 3 rings (SSSR count). The molecule has 19 heavy (non-hydrogen) atoms. The van der Waals surface area contributed by atoms with Crippen molar-refractivity contribution in [1.29, 1.82) is 0 Å². The predicted octanol–water partition coefficient (Wildman–Crippen LogP) is 3.29. The van der Waals surface area contributed by atoms with Gasteiger partial charge in [0, 0.05) is 30.2 Å². The molecule has 2 fully saturated rings. The summed E-state index contributed by atoms with van der Waals surface area (Å²) in [6.07, 6.45) is 6.04. The molecule has 1 aliphatic heterocycles. The van der Waals surface area contributed by atoms with Gasteiger partial charge >= 0.3 is 0 Å². The highest BCUT2D eigenvalue weighted by atomic mass is 79.9. The van der Waals surface area contributed by atoms with Crippen molar-refractivity contribution in [3.8, 4) is 0 Å². The normalized spacial score (nSPS) is 33.5. The number of hydrogen-bond acceptors (Lipinski definition) is 3. The van der Waals surface area contributed by atoms with Gasteiger partial charge in [0.15, 0.2) is 0 Å². The number of anilines is 1.